The first-order valence-corrected chi connectivity index (χ1v) is 6.48. The molecular formula is C13H28N2O. The van der Waals surface area contributed by atoms with Crippen LogP contribution in [0, 0.1) is 5.92 Å². The minimum Gasteiger partial charge on any atom is -0.343 e. The standard InChI is InChI=1S/C13H28N2O/c1-5-6-12(3)15(4)13(16)8-7-11(2)9-10-14/h11-12H,5-10,14H2,1-4H3. The Morgan fingerprint density at radius 1 is 1.25 bits per heavy atom. The van der Waals surface area contributed by atoms with E-state index >= 15 is 0 Å². The number of carbonyl (C=O) groups is 1. The molecule has 0 aromatic carbocycles. The van der Waals surface area contributed by atoms with Crippen molar-refractivity contribution < 1.29 is 4.79 Å². The van der Waals surface area contributed by atoms with Gasteiger partial charge in [-0.1, -0.05) is 20.3 Å². The first kappa shape index (κ1) is 15.4. The second kappa shape index (κ2) is 8.57. The summed E-state index contributed by atoms with van der Waals surface area (Å²) in [4.78, 5) is 13.8. The van der Waals surface area contributed by atoms with Crippen molar-refractivity contribution in [1.82, 2.24) is 4.90 Å². The minimum atomic E-state index is 0.268. The van der Waals surface area contributed by atoms with Crippen molar-refractivity contribution in [3.8, 4) is 0 Å². The Morgan fingerprint density at radius 2 is 1.88 bits per heavy atom. The second-order valence-electron chi connectivity index (χ2n) is 4.86. The fourth-order valence-electron chi connectivity index (χ4n) is 1.83. The van der Waals surface area contributed by atoms with Crippen molar-refractivity contribution in [2.75, 3.05) is 13.6 Å². The number of nitrogens with two attached hydrogens (primary N) is 1. The van der Waals surface area contributed by atoms with Crippen LogP contribution >= 0.6 is 0 Å². The molecule has 0 spiro atoms. The number of nitrogens with zero attached hydrogens (tertiary/aromatic N) is 1. The van der Waals surface area contributed by atoms with E-state index in [1.54, 1.807) is 0 Å². The van der Waals surface area contributed by atoms with Gasteiger partial charge in [0.2, 0.25) is 5.91 Å². The molecule has 3 nitrogen and oxygen atoms in total. The highest BCUT2D eigenvalue weighted by Gasteiger charge is 2.15. The number of amides is 1. The summed E-state index contributed by atoms with van der Waals surface area (Å²) in [7, 11) is 1.91. The van der Waals surface area contributed by atoms with Crippen LogP contribution in [0.5, 0.6) is 0 Å². The van der Waals surface area contributed by atoms with E-state index in [1.165, 1.54) is 0 Å². The van der Waals surface area contributed by atoms with Gasteiger partial charge in [-0.25, -0.2) is 0 Å². The Balaban J connectivity index is 3.87. The predicted octanol–water partition coefficient (Wildman–Crippen LogP) is 2.40. The predicted molar refractivity (Wildman–Crippen MR) is 69.2 cm³/mol. The molecule has 0 bridgehead atoms. The molecule has 0 aromatic rings. The smallest absolute Gasteiger partial charge is 0.222 e. The van der Waals surface area contributed by atoms with E-state index in [4.69, 9.17) is 5.73 Å². The average molecular weight is 228 g/mol. The van der Waals surface area contributed by atoms with Crippen molar-refractivity contribution in [2.24, 2.45) is 11.7 Å². The largest absolute Gasteiger partial charge is 0.343 e. The summed E-state index contributed by atoms with van der Waals surface area (Å²) in [5.41, 5.74) is 5.49. The Labute approximate surface area is 100 Å². The van der Waals surface area contributed by atoms with E-state index in [0.717, 1.165) is 32.2 Å². The summed E-state index contributed by atoms with van der Waals surface area (Å²) >= 11 is 0. The maximum absolute atomic E-state index is 11.9. The van der Waals surface area contributed by atoms with Gasteiger partial charge in [0, 0.05) is 19.5 Å². The van der Waals surface area contributed by atoms with Gasteiger partial charge in [-0.05, 0) is 38.6 Å². The van der Waals surface area contributed by atoms with Crippen LogP contribution in [0.2, 0.25) is 0 Å². The first-order valence-electron chi connectivity index (χ1n) is 6.48. The summed E-state index contributed by atoms with van der Waals surface area (Å²) in [5, 5.41) is 0. The van der Waals surface area contributed by atoms with Crippen molar-refractivity contribution >= 4 is 5.91 Å². The van der Waals surface area contributed by atoms with E-state index in [1.807, 2.05) is 11.9 Å². The molecule has 0 aliphatic rings. The highest BCUT2D eigenvalue weighted by molar-refractivity contribution is 5.76. The Hall–Kier alpha value is -0.570. The van der Waals surface area contributed by atoms with Crippen LogP contribution in [-0.2, 0) is 4.79 Å². The quantitative estimate of drug-likeness (QED) is 0.693. The Bertz CT molecular complexity index is 194. The lowest BCUT2D eigenvalue weighted by molar-refractivity contribution is -0.132. The molecule has 16 heavy (non-hydrogen) atoms. The summed E-state index contributed by atoms with van der Waals surface area (Å²) in [6, 6.07) is 0.363. The summed E-state index contributed by atoms with van der Waals surface area (Å²) in [6.45, 7) is 7.15. The summed E-state index contributed by atoms with van der Waals surface area (Å²) in [5.74, 6) is 0.827. The second-order valence-corrected chi connectivity index (χ2v) is 4.86. The number of rotatable bonds is 8. The summed E-state index contributed by atoms with van der Waals surface area (Å²) < 4.78 is 0. The number of hydrogen-bond donors (Lipinski definition) is 1. The molecule has 0 aliphatic heterocycles. The maximum Gasteiger partial charge on any atom is 0.222 e. The molecule has 0 aromatic heterocycles. The van der Waals surface area contributed by atoms with E-state index in [9.17, 15) is 4.79 Å². The molecule has 1 amide bonds. The van der Waals surface area contributed by atoms with E-state index in [0.29, 0.717) is 18.4 Å². The lowest BCUT2D eigenvalue weighted by Crippen LogP contribution is -2.35. The number of carbonyl (C=O) groups excluding carboxylic acids is 1. The van der Waals surface area contributed by atoms with E-state index < -0.39 is 0 Å². The van der Waals surface area contributed by atoms with Crippen molar-refractivity contribution in [1.29, 1.82) is 0 Å². The van der Waals surface area contributed by atoms with Gasteiger partial charge in [-0.2, -0.15) is 0 Å². The molecule has 0 heterocycles. The minimum absolute atomic E-state index is 0.268. The molecule has 96 valence electrons. The van der Waals surface area contributed by atoms with Crippen LogP contribution in [0.15, 0.2) is 0 Å². The molecule has 0 rings (SSSR count). The third-order valence-corrected chi connectivity index (χ3v) is 3.27. The molecule has 0 aliphatic carbocycles. The van der Waals surface area contributed by atoms with Gasteiger partial charge in [0.25, 0.3) is 0 Å². The van der Waals surface area contributed by atoms with Crippen LogP contribution in [0.4, 0.5) is 0 Å². The SMILES string of the molecule is CCCC(C)N(C)C(=O)CCC(C)CCN. The molecule has 0 saturated carbocycles. The van der Waals surface area contributed by atoms with Gasteiger partial charge in [0.05, 0.1) is 0 Å². The zero-order chi connectivity index (χ0) is 12.6. The molecule has 2 unspecified atom stereocenters. The van der Waals surface area contributed by atoms with Crippen LogP contribution in [0.25, 0.3) is 0 Å². The highest BCUT2D eigenvalue weighted by atomic mass is 16.2. The van der Waals surface area contributed by atoms with Crippen LogP contribution in [-0.4, -0.2) is 30.4 Å². The maximum atomic E-state index is 11.9. The van der Waals surface area contributed by atoms with E-state index in [-0.39, 0.29) is 5.91 Å². The van der Waals surface area contributed by atoms with Crippen LogP contribution in [0.3, 0.4) is 0 Å². The summed E-state index contributed by atoms with van der Waals surface area (Å²) in [6.07, 6.45) is 4.84. The van der Waals surface area contributed by atoms with Crippen LogP contribution < -0.4 is 5.73 Å². The van der Waals surface area contributed by atoms with Gasteiger partial charge in [-0.15, -0.1) is 0 Å². The Morgan fingerprint density at radius 3 is 2.38 bits per heavy atom. The van der Waals surface area contributed by atoms with Gasteiger partial charge < -0.3 is 10.6 Å². The van der Waals surface area contributed by atoms with Crippen molar-refractivity contribution in [2.45, 2.75) is 58.9 Å². The third-order valence-electron chi connectivity index (χ3n) is 3.27. The lowest BCUT2D eigenvalue weighted by Gasteiger charge is -2.25. The van der Waals surface area contributed by atoms with Crippen molar-refractivity contribution in [3.63, 3.8) is 0 Å². The van der Waals surface area contributed by atoms with Gasteiger partial charge in [0.1, 0.15) is 0 Å². The van der Waals surface area contributed by atoms with E-state index in [2.05, 4.69) is 20.8 Å². The zero-order valence-corrected chi connectivity index (χ0v) is 11.3. The normalized spacial score (nSPS) is 14.6. The molecule has 2 atom stereocenters. The molecule has 2 N–H and O–H groups in total. The molecule has 3 heteroatoms. The molecule has 0 radical (unpaired) electrons. The fraction of sp³-hybridized carbons (Fsp3) is 0.923. The topological polar surface area (TPSA) is 46.3 Å². The first-order chi connectivity index (χ1) is 7.52. The molecule has 0 fully saturated rings. The highest BCUT2D eigenvalue weighted by Crippen LogP contribution is 2.12. The Kier molecular flexibility index (Phi) is 8.26. The van der Waals surface area contributed by atoms with Crippen LogP contribution in [0.1, 0.15) is 52.9 Å². The van der Waals surface area contributed by atoms with Gasteiger partial charge in [0.15, 0.2) is 0 Å². The van der Waals surface area contributed by atoms with Gasteiger partial charge in [-0.3, -0.25) is 4.79 Å². The average Bonchev–Trinajstić information content (AvgIpc) is 2.25. The van der Waals surface area contributed by atoms with Crippen molar-refractivity contribution in [3.05, 3.63) is 0 Å². The lowest BCUT2D eigenvalue weighted by atomic mass is 10.0. The molecule has 0 saturated heterocycles. The fourth-order valence-corrected chi connectivity index (χ4v) is 1.83. The third kappa shape index (κ3) is 6.11. The monoisotopic (exact) mass is 228 g/mol. The van der Waals surface area contributed by atoms with Gasteiger partial charge >= 0.3 is 0 Å². The zero-order valence-electron chi connectivity index (χ0n) is 11.3. The number of hydrogen-bond acceptors (Lipinski definition) is 2. The molecular weight excluding hydrogens is 200 g/mol.